The van der Waals surface area contributed by atoms with Gasteiger partial charge in [0.05, 0.1) is 6.10 Å². The van der Waals surface area contributed by atoms with Gasteiger partial charge >= 0.3 is 12.4 Å². The molecule has 10 heteroatoms. The number of hydrogen-bond acceptors (Lipinski definition) is 3. The molecule has 2 aliphatic rings. The summed E-state index contributed by atoms with van der Waals surface area (Å²) in [5, 5.41) is 1.20. The first kappa shape index (κ1) is 22.0. The van der Waals surface area contributed by atoms with Gasteiger partial charge in [0.15, 0.2) is 0 Å². The maximum absolute atomic E-state index is 13.9. The van der Waals surface area contributed by atoms with E-state index in [1.54, 1.807) is 6.08 Å². The van der Waals surface area contributed by atoms with Gasteiger partial charge in [-0.3, -0.25) is 9.69 Å². The lowest BCUT2D eigenvalue weighted by atomic mass is 9.92. The minimum absolute atomic E-state index is 0.301. The van der Waals surface area contributed by atoms with Gasteiger partial charge in [-0.2, -0.15) is 26.3 Å². The van der Waals surface area contributed by atoms with Crippen molar-refractivity contribution >= 4 is 5.91 Å². The van der Waals surface area contributed by atoms with Crippen molar-refractivity contribution in [2.45, 2.75) is 63.1 Å². The molecule has 0 unspecified atom stereocenters. The standard InChI is InChI=1S/C17H24F6N2O2/c1-12(26)24-15(16(18,19)20,17(21,22)23)25(11-14-8-5-9-27-14)10-13-6-3-2-4-7-13/h2-3,13-14H,4-11H2,1H3,(H,24,26)/t13-,14-/m0/s1. The molecule has 4 nitrogen and oxygen atoms in total. The highest BCUT2D eigenvalue weighted by Gasteiger charge is 2.75. The Morgan fingerprint density at radius 3 is 2.22 bits per heavy atom. The largest absolute Gasteiger partial charge is 0.434 e. The molecule has 0 aromatic carbocycles. The van der Waals surface area contributed by atoms with E-state index in [0.29, 0.717) is 50.5 Å². The molecule has 1 amide bonds. The first-order valence-corrected chi connectivity index (χ1v) is 8.91. The van der Waals surface area contributed by atoms with Crippen LogP contribution in [0, 0.1) is 5.92 Å². The van der Waals surface area contributed by atoms with E-state index in [2.05, 4.69) is 0 Å². The Morgan fingerprint density at radius 2 is 1.78 bits per heavy atom. The molecular formula is C17H24F6N2O2. The summed E-state index contributed by atoms with van der Waals surface area (Å²) in [6.07, 6.45) is -6.16. The summed E-state index contributed by atoms with van der Waals surface area (Å²) in [7, 11) is 0. The van der Waals surface area contributed by atoms with Crippen molar-refractivity contribution < 1.29 is 35.9 Å². The minimum Gasteiger partial charge on any atom is -0.377 e. The Kier molecular flexibility index (Phi) is 6.83. The molecule has 2 rings (SSSR count). The van der Waals surface area contributed by atoms with Crippen molar-refractivity contribution in [3.05, 3.63) is 12.2 Å². The van der Waals surface area contributed by atoms with Gasteiger partial charge in [-0.15, -0.1) is 0 Å². The number of carbonyl (C=O) groups excluding carboxylic acids is 1. The van der Waals surface area contributed by atoms with Crippen molar-refractivity contribution in [3.63, 3.8) is 0 Å². The van der Waals surface area contributed by atoms with E-state index < -0.39 is 43.1 Å². The molecule has 1 aliphatic carbocycles. The highest BCUT2D eigenvalue weighted by molar-refractivity contribution is 5.74. The predicted octanol–water partition coefficient (Wildman–Crippen LogP) is 3.78. The third-order valence-corrected chi connectivity index (χ3v) is 4.96. The maximum atomic E-state index is 13.9. The molecule has 1 N–H and O–H groups in total. The SMILES string of the molecule is CC(=O)NC(N(C[C@H]1CC=CCC1)C[C@@H]1CCCO1)(C(F)(F)F)C(F)(F)F. The van der Waals surface area contributed by atoms with Gasteiger partial charge in [-0.05, 0) is 38.0 Å². The average molecular weight is 402 g/mol. The lowest BCUT2D eigenvalue weighted by Gasteiger charge is -2.47. The number of halogens is 6. The Hall–Kier alpha value is -1.29. The number of hydrogen-bond donors (Lipinski definition) is 1. The van der Waals surface area contributed by atoms with Crippen LogP contribution in [0.2, 0.25) is 0 Å². The molecule has 1 aliphatic heterocycles. The molecular weight excluding hydrogens is 378 g/mol. The van der Waals surface area contributed by atoms with Crippen LogP contribution in [0.5, 0.6) is 0 Å². The van der Waals surface area contributed by atoms with E-state index in [-0.39, 0.29) is 5.92 Å². The Bertz CT molecular complexity index is 527. The Balaban J connectivity index is 2.45. The van der Waals surface area contributed by atoms with E-state index in [0.717, 1.165) is 0 Å². The highest BCUT2D eigenvalue weighted by atomic mass is 19.4. The van der Waals surface area contributed by atoms with E-state index in [1.165, 1.54) is 5.32 Å². The second-order valence-corrected chi connectivity index (χ2v) is 7.08. The van der Waals surface area contributed by atoms with Crippen molar-refractivity contribution in [2.24, 2.45) is 5.92 Å². The van der Waals surface area contributed by atoms with E-state index >= 15 is 0 Å². The van der Waals surface area contributed by atoms with E-state index in [9.17, 15) is 31.1 Å². The summed E-state index contributed by atoms with van der Waals surface area (Å²) in [5.74, 6) is -1.76. The summed E-state index contributed by atoms with van der Waals surface area (Å²) in [5.41, 5.74) is -4.45. The maximum Gasteiger partial charge on any atom is 0.434 e. The number of allylic oxidation sites excluding steroid dienone is 2. The summed E-state index contributed by atoms with van der Waals surface area (Å²) >= 11 is 0. The second-order valence-electron chi connectivity index (χ2n) is 7.08. The van der Waals surface area contributed by atoms with Crippen LogP contribution in [0.15, 0.2) is 12.2 Å². The number of rotatable bonds is 6. The predicted molar refractivity (Wildman–Crippen MR) is 85.7 cm³/mol. The molecule has 1 saturated heterocycles. The van der Waals surface area contributed by atoms with Gasteiger partial charge in [0.2, 0.25) is 5.91 Å². The number of amides is 1. The van der Waals surface area contributed by atoms with Crippen LogP contribution < -0.4 is 5.32 Å². The van der Waals surface area contributed by atoms with Gasteiger partial charge in [0, 0.05) is 26.6 Å². The van der Waals surface area contributed by atoms with Gasteiger partial charge < -0.3 is 10.1 Å². The lowest BCUT2D eigenvalue weighted by Crippen LogP contribution is -2.77. The molecule has 156 valence electrons. The van der Waals surface area contributed by atoms with Crippen molar-refractivity contribution in [1.29, 1.82) is 0 Å². The van der Waals surface area contributed by atoms with E-state index in [4.69, 9.17) is 4.74 Å². The second kappa shape index (κ2) is 8.38. The normalized spacial score (nSPS) is 24.4. The van der Waals surface area contributed by atoms with Crippen LogP contribution in [0.25, 0.3) is 0 Å². The van der Waals surface area contributed by atoms with Crippen LogP contribution in [0.4, 0.5) is 26.3 Å². The number of nitrogens with one attached hydrogen (secondary N) is 1. The fourth-order valence-electron chi connectivity index (χ4n) is 3.71. The fraction of sp³-hybridized carbons (Fsp3) is 0.824. The van der Waals surface area contributed by atoms with E-state index in [1.807, 2.05) is 6.08 Å². The van der Waals surface area contributed by atoms with Gasteiger partial charge in [-0.25, -0.2) is 0 Å². The summed E-state index contributed by atoms with van der Waals surface area (Å²) < 4.78 is 88.6. The van der Waals surface area contributed by atoms with Crippen LogP contribution in [0.1, 0.15) is 39.0 Å². The number of ether oxygens (including phenoxy) is 1. The zero-order valence-corrected chi connectivity index (χ0v) is 15.0. The lowest BCUT2D eigenvalue weighted by molar-refractivity contribution is -0.352. The molecule has 1 heterocycles. The summed E-state index contributed by atoms with van der Waals surface area (Å²) in [6.45, 7) is -0.0430. The van der Waals surface area contributed by atoms with Crippen molar-refractivity contribution in [3.8, 4) is 0 Å². The zero-order valence-electron chi connectivity index (χ0n) is 15.0. The Labute approximate surface area is 153 Å². The van der Waals surface area contributed by atoms with Crippen LogP contribution in [-0.4, -0.2) is 54.6 Å². The summed E-state index contributed by atoms with van der Waals surface area (Å²) in [6, 6.07) is 0. The summed E-state index contributed by atoms with van der Waals surface area (Å²) in [4.78, 5) is 11.7. The molecule has 0 spiro atoms. The molecule has 0 saturated carbocycles. The van der Waals surface area contributed by atoms with Gasteiger partial charge in [0.25, 0.3) is 5.66 Å². The van der Waals surface area contributed by atoms with Crippen LogP contribution in [-0.2, 0) is 9.53 Å². The molecule has 0 aromatic rings. The third kappa shape index (κ3) is 4.96. The fourth-order valence-corrected chi connectivity index (χ4v) is 3.71. The average Bonchev–Trinajstić information content (AvgIpc) is 3.03. The highest BCUT2D eigenvalue weighted by Crippen LogP contribution is 2.46. The topological polar surface area (TPSA) is 41.6 Å². The first-order valence-electron chi connectivity index (χ1n) is 8.91. The molecule has 0 aromatic heterocycles. The molecule has 0 radical (unpaired) electrons. The molecule has 1 fully saturated rings. The first-order chi connectivity index (χ1) is 12.5. The van der Waals surface area contributed by atoms with Gasteiger partial charge in [-0.1, -0.05) is 12.2 Å². The molecule has 27 heavy (non-hydrogen) atoms. The quantitative estimate of drug-likeness (QED) is 0.418. The number of carbonyl (C=O) groups is 1. The van der Waals surface area contributed by atoms with Gasteiger partial charge in [0.1, 0.15) is 0 Å². The third-order valence-electron chi connectivity index (χ3n) is 4.96. The minimum atomic E-state index is -5.75. The van der Waals surface area contributed by atoms with Crippen LogP contribution in [0.3, 0.4) is 0 Å². The number of nitrogens with zero attached hydrogens (tertiary/aromatic N) is 1. The molecule has 0 bridgehead atoms. The Morgan fingerprint density at radius 1 is 1.11 bits per heavy atom. The zero-order chi connectivity index (χ0) is 20.3. The van der Waals surface area contributed by atoms with Crippen molar-refractivity contribution in [1.82, 2.24) is 10.2 Å². The van der Waals surface area contributed by atoms with Crippen molar-refractivity contribution in [2.75, 3.05) is 19.7 Å². The molecule has 2 atom stereocenters. The monoisotopic (exact) mass is 402 g/mol. The number of alkyl halides is 6. The smallest absolute Gasteiger partial charge is 0.377 e. The van der Waals surface area contributed by atoms with Crippen LogP contribution >= 0.6 is 0 Å².